The highest BCUT2D eigenvalue weighted by molar-refractivity contribution is 6.19. The molecule has 2 nitrogen and oxygen atoms in total. The molecule has 0 atom stereocenters. The fourth-order valence-electron chi connectivity index (χ4n) is 8.87. The van der Waals surface area contributed by atoms with Crippen LogP contribution < -0.4 is 4.90 Å². The summed E-state index contributed by atoms with van der Waals surface area (Å²) >= 11 is 0. The van der Waals surface area contributed by atoms with Gasteiger partial charge >= 0.3 is 0 Å². The molecule has 270 valence electrons. The maximum atomic E-state index is 9.68. The Morgan fingerprint density at radius 1 is 0.439 bits per heavy atom. The zero-order valence-electron chi connectivity index (χ0n) is 35.6. The minimum Gasteiger partial charge on any atom is -0.455 e. The van der Waals surface area contributed by atoms with E-state index in [-0.39, 0.29) is 40.8 Å². The molecule has 0 unspecified atom stereocenters. The monoisotopic (exact) mass is 733 g/mol. The van der Waals surface area contributed by atoms with Crippen LogP contribution in [0.5, 0.6) is 0 Å². The summed E-state index contributed by atoms with van der Waals surface area (Å²) in [7, 11) is 0. The van der Waals surface area contributed by atoms with Crippen molar-refractivity contribution in [3.63, 3.8) is 0 Å². The van der Waals surface area contributed by atoms with E-state index >= 15 is 0 Å². The minimum absolute atomic E-state index is 0.0969. The predicted octanol–water partition coefficient (Wildman–Crippen LogP) is 15.5. The van der Waals surface area contributed by atoms with Crippen LogP contribution in [0, 0.1) is 0 Å². The largest absolute Gasteiger partial charge is 0.455 e. The van der Waals surface area contributed by atoms with Gasteiger partial charge < -0.3 is 9.32 Å². The second-order valence-electron chi connectivity index (χ2n) is 15.4. The Morgan fingerprint density at radius 3 is 1.93 bits per heavy atom. The molecule has 0 saturated heterocycles. The molecule has 0 fully saturated rings. The molecule has 0 radical (unpaired) electrons. The first-order valence-electron chi connectivity index (χ1n) is 21.4. The Hall–Kier alpha value is -7.16. The van der Waals surface area contributed by atoms with Crippen molar-refractivity contribution in [1.82, 2.24) is 0 Å². The summed E-state index contributed by atoms with van der Waals surface area (Å²) in [5.41, 5.74) is 12.6. The van der Waals surface area contributed by atoms with Gasteiger partial charge in [0.25, 0.3) is 0 Å². The Balaban J connectivity index is 1.11. The lowest BCUT2D eigenvalue weighted by molar-refractivity contribution is 0.660. The summed E-state index contributed by atoms with van der Waals surface area (Å²) in [4.78, 5) is 1.91. The highest BCUT2D eigenvalue weighted by atomic mass is 16.3. The zero-order valence-corrected chi connectivity index (χ0v) is 31.6. The van der Waals surface area contributed by atoms with Crippen molar-refractivity contribution in [3.05, 3.63) is 211 Å². The van der Waals surface area contributed by atoms with Crippen LogP contribution in [0.3, 0.4) is 0 Å². The molecule has 0 aliphatic heterocycles. The summed E-state index contributed by atoms with van der Waals surface area (Å²) in [6, 6.07) is 59.0. The second kappa shape index (κ2) is 13.0. The summed E-state index contributed by atoms with van der Waals surface area (Å²) < 4.78 is 44.9. The molecule has 1 aliphatic rings. The number of hydrogen-bond donors (Lipinski definition) is 0. The van der Waals surface area contributed by atoms with E-state index in [1.807, 2.05) is 102 Å². The van der Waals surface area contributed by atoms with Crippen LogP contribution in [-0.2, 0) is 5.41 Å². The number of hydrogen-bond acceptors (Lipinski definition) is 2. The number of rotatable bonds is 6. The van der Waals surface area contributed by atoms with E-state index in [0.29, 0.717) is 11.3 Å². The lowest BCUT2D eigenvalue weighted by Crippen LogP contribution is -2.16. The third kappa shape index (κ3) is 5.40. The standard InChI is InChI=1S/C55H39NO/c1-55(2)50-20-9-8-18-47(50)48-33-31-44(35-51(48)55)56(42-29-26-39(27-30-42)38-24-22-37(23-25-38)36-12-4-3-5-13-36)43-16-10-15-41(34-43)45-19-11-21-52-53(45)49-32-28-40-14-6-7-17-46(40)54(49)57-52/h3-35H,1-2H3/i26D,27D,29D,30D. The van der Waals surface area contributed by atoms with Crippen LogP contribution in [0.15, 0.2) is 205 Å². The number of benzene rings is 9. The van der Waals surface area contributed by atoms with E-state index in [1.54, 1.807) is 0 Å². The highest BCUT2D eigenvalue weighted by Gasteiger charge is 2.35. The van der Waals surface area contributed by atoms with E-state index in [9.17, 15) is 5.48 Å². The van der Waals surface area contributed by atoms with Gasteiger partial charge in [0.1, 0.15) is 11.2 Å². The van der Waals surface area contributed by atoms with Crippen LogP contribution in [-0.4, -0.2) is 0 Å². The molecule has 0 N–H and O–H groups in total. The summed E-state index contributed by atoms with van der Waals surface area (Å²) in [6.07, 6.45) is 0. The lowest BCUT2D eigenvalue weighted by Gasteiger charge is -2.28. The SMILES string of the molecule is [2H]c1c([2H])c(N(c2cccc(-c3cccc4oc5c6ccccc6ccc5c34)c2)c2ccc3c(c2)C(C)(C)c2ccccc2-3)c([2H])c([2H])c1-c1ccc(-c2ccccc2)cc1. The number of nitrogens with zero attached hydrogens (tertiary/aromatic N) is 1. The number of anilines is 3. The lowest BCUT2D eigenvalue weighted by atomic mass is 9.82. The van der Waals surface area contributed by atoms with Gasteiger partial charge in [-0.2, -0.15) is 0 Å². The van der Waals surface area contributed by atoms with E-state index in [4.69, 9.17) is 4.42 Å². The quantitative estimate of drug-likeness (QED) is 0.169. The molecule has 1 aliphatic carbocycles. The fourth-order valence-corrected chi connectivity index (χ4v) is 8.87. The summed E-state index contributed by atoms with van der Waals surface area (Å²) in [5, 5.41) is 4.21. The van der Waals surface area contributed by atoms with Crippen LogP contribution >= 0.6 is 0 Å². The molecular formula is C55H39NO. The van der Waals surface area contributed by atoms with Gasteiger partial charge in [0, 0.05) is 38.6 Å². The fraction of sp³-hybridized carbons (Fsp3) is 0.0545. The first-order valence-corrected chi connectivity index (χ1v) is 19.4. The molecule has 1 aromatic heterocycles. The van der Waals surface area contributed by atoms with E-state index in [2.05, 4.69) is 92.7 Å². The highest BCUT2D eigenvalue weighted by Crippen LogP contribution is 2.51. The molecule has 0 spiro atoms. The minimum atomic E-state index is -0.303. The molecule has 0 amide bonds. The van der Waals surface area contributed by atoms with E-state index in [0.717, 1.165) is 71.8 Å². The van der Waals surface area contributed by atoms with Crippen LogP contribution in [0.1, 0.15) is 30.5 Å². The van der Waals surface area contributed by atoms with Gasteiger partial charge in [-0.1, -0.05) is 165 Å². The van der Waals surface area contributed by atoms with Crippen molar-refractivity contribution < 1.29 is 9.90 Å². The first-order chi connectivity index (χ1) is 29.7. The Kier molecular flexibility index (Phi) is 6.64. The zero-order chi connectivity index (χ0) is 41.6. The molecule has 10 aromatic rings. The Labute approximate surface area is 338 Å². The maximum Gasteiger partial charge on any atom is 0.143 e. The van der Waals surface area contributed by atoms with Gasteiger partial charge in [-0.25, -0.2) is 0 Å². The predicted molar refractivity (Wildman–Crippen MR) is 240 cm³/mol. The van der Waals surface area contributed by atoms with Crippen molar-refractivity contribution in [2.75, 3.05) is 4.90 Å². The smallest absolute Gasteiger partial charge is 0.143 e. The normalized spacial score (nSPS) is 13.9. The van der Waals surface area contributed by atoms with Gasteiger partial charge in [0.05, 0.1) is 5.48 Å². The maximum absolute atomic E-state index is 9.68. The van der Waals surface area contributed by atoms with Crippen molar-refractivity contribution in [1.29, 1.82) is 0 Å². The average Bonchev–Trinajstić information content (AvgIpc) is 3.80. The average molecular weight is 734 g/mol. The van der Waals surface area contributed by atoms with Crippen LogP contribution in [0.25, 0.3) is 77.2 Å². The van der Waals surface area contributed by atoms with Gasteiger partial charge in [0.15, 0.2) is 0 Å². The van der Waals surface area contributed by atoms with Gasteiger partial charge in [0.2, 0.25) is 0 Å². The van der Waals surface area contributed by atoms with Gasteiger partial charge in [-0.3, -0.25) is 0 Å². The van der Waals surface area contributed by atoms with Crippen molar-refractivity contribution in [2.45, 2.75) is 19.3 Å². The van der Waals surface area contributed by atoms with E-state index in [1.165, 1.54) is 11.1 Å². The molecule has 0 bridgehead atoms. The third-order valence-electron chi connectivity index (χ3n) is 11.7. The summed E-state index contributed by atoms with van der Waals surface area (Å²) in [6.45, 7) is 4.47. The first kappa shape index (κ1) is 29.2. The number of furan rings is 1. The van der Waals surface area contributed by atoms with E-state index < -0.39 is 0 Å². The van der Waals surface area contributed by atoms with Crippen LogP contribution in [0.2, 0.25) is 0 Å². The Bertz CT molecular complexity index is 3360. The molecule has 0 saturated carbocycles. The summed E-state index contributed by atoms with van der Waals surface area (Å²) in [5.74, 6) is 0. The third-order valence-corrected chi connectivity index (χ3v) is 11.7. The number of fused-ring (bicyclic) bond motifs is 8. The molecule has 11 rings (SSSR count). The molecule has 57 heavy (non-hydrogen) atoms. The molecule has 1 heterocycles. The van der Waals surface area contributed by atoms with Crippen LogP contribution in [0.4, 0.5) is 17.1 Å². The van der Waals surface area contributed by atoms with Crippen molar-refractivity contribution in [3.8, 4) is 44.5 Å². The van der Waals surface area contributed by atoms with Gasteiger partial charge in [-0.15, -0.1) is 0 Å². The Morgan fingerprint density at radius 2 is 1.09 bits per heavy atom. The molecular weight excluding hydrogens is 691 g/mol. The second-order valence-corrected chi connectivity index (χ2v) is 15.4. The van der Waals surface area contributed by atoms with Gasteiger partial charge in [-0.05, 0) is 110 Å². The van der Waals surface area contributed by atoms with Crippen molar-refractivity contribution in [2.24, 2.45) is 0 Å². The topological polar surface area (TPSA) is 16.4 Å². The molecule has 2 heteroatoms. The molecule has 9 aromatic carbocycles. The van der Waals surface area contributed by atoms with Crippen molar-refractivity contribution >= 4 is 49.8 Å².